The maximum Gasteiger partial charge on any atom is 1.00 e. The number of aromatic nitrogens is 2. The molecule has 9 heteroatoms. The van der Waals surface area contributed by atoms with Crippen molar-refractivity contribution in [2.45, 2.75) is 0 Å². The van der Waals surface area contributed by atoms with E-state index in [4.69, 9.17) is 13.8 Å². The molecule has 0 atom stereocenters. The van der Waals surface area contributed by atoms with Crippen LogP contribution in [0, 0.1) is 6.54 Å². The summed E-state index contributed by atoms with van der Waals surface area (Å²) in [6.45, 7) is 5.49. The van der Waals surface area contributed by atoms with Gasteiger partial charge in [0, 0.05) is 66.1 Å². The van der Waals surface area contributed by atoms with Gasteiger partial charge in [-0.1, -0.05) is 400 Å². The number of fused-ring (bicyclic) bond motifs is 16. The Hall–Kier alpha value is -18.6. The molecule has 0 radical (unpaired) electrons. The topological polar surface area (TPSA) is 76.7 Å². The number of furan rings is 2. The van der Waals surface area contributed by atoms with Crippen molar-refractivity contribution in [1.29, 1.82) is 0 Å². The van der Waals surface area contributed by atoms with Crippen LogP contribution in [0.3, 0.4) is 0 Å². The maximum atomic E-state index is 11.3. The second kappa shape index (κ2) is 35.7. The minimum absolute atomic E-state index is 0. The summed E-state index contributed by atoms with van der Waals surface area (Å²) in [6.07, 6.45) is 3.77. The van der Waals surface area contributed by atoms with Crippen molar-refractivity contribution in [3.8, 4) is 78.5 Å². The van der Waals surface area contributed by atoms with E-state index in [0.717, 1.165) is 150 Å². The molecule has 0 N–H and O–H groups in total. The molecule has 0 unspecified atom stereocenters. The second-order valence-electron chi connectivity index (χ2n) is 36.9. The Morgan fingerprint density at radius 3 is 1.21 bits per heavy atom. The third kappa shape index (κ3) is 14.6. The van der Waals surface area contributed by atoms with Gasteiger partial charge in [-0.15, -0.1) is 6.08 Å². The summed E-state index contributed by atoms with van der Waals surface area (Å²) >= 11 is 0. The SMILES string of the molecule is C=[N+]1[CH-]C=Cc2cccc([O-])c21.[Li+].c1ccc(-c2cc3ccccc3c3c2oc2c(N(c4ccccc4)c4ccc5ccc6c(N(c7ccccc7)c7cccc8c7oc7c(-c9ccccc9)cc9ccccc9c78)ccc7ccc4c5c76)cccc23)cc1.c1ccc(-n2c(-c3ccc(-c4ccc5c(-c6ccc7ccccc7c6)c6ccccc6c(-c6ccc7ccccc7c6)c5c4)cc3)nc3ccccc32)cc1. The molecule has 29 rings (SSSR count). The van der Waals surface area contributed by atoms with Crippen LogP contribution in [0.4, 0.5) is 39.8 Å². The first-order valence-corrected chi connectivity index (χ1v) is 48.6. The van der Waals surface area contributed by atoms with Gasteiger partial charge in [-0.2, -0.15) is 0 Å². The zero-order chi connectivity index (χ0) is 94.7. The number of para-hydroxylation sites is 8. The van der Waals surface area contributed by atoms with E-state index in [9.17, 15) is 5.11 Å². The smallest absolute Gasteiger partial charge is 0.875 e. The second-order valence-corrected chi connectivity index (χ2v) is 36.9. The van der Waals surface area contributed by atoms with Crippen LogP contribution in [0.25, 0.3) is 231 Å². The summed E-state index contributed by atoms with van der Waals surface area (Å²) in [6, 6.07) is 176. The van der Waals surface area contributed by atoms with Gasteiger partial charge in [0.2, 0.25) is 0 Å². The van der Waals surface area contributed by atoms with Crippen LogP contribution in [-0.4, -0.2) is 20.8 Å². The number of nitrogens with zero attached hydrogens (tertiary/aromatic N) is 5. The number of hydrogen-bond acceptors (Lipinski definition) is 6. The van der Waals surface area contributed by atoms with Crippen LogP contribution in [0.1, 0.15) is 5.56 Å². The van der Waals surface area contributed by atoms with Gasteiger partial charge in [-0.25, -0.2) is 4.98 Å². The molecule has 0 saturated heterocycles. The van der Waals surface area contributed by atoms with Crippen LogP contribution in [0.5, 0.6) is 5.75 Å². The first-order valence-electron chi connectivity index (χ1n) is 48.6. The summed E-state index contributed by atoms with van der Waals surface area (Å²) in [5.74, 6) is 0.950. The van der Waals surface area contributed by atoms with Crippen LogP contribution in [-0.2, 0) is 0 Å². The van der Waals surface area contributed by atoms with Crippen molar-refractivity contribution >= 4 is 204 Å². The first kappa shape index (κ1) is 85.8. The Kier molecular flexibility index (Phi) is 21.3. The van der Waals surface area contributed by atoms with Gasteiger partial charge < -0.3 is 23.7 Å². The zero-order valence-corrected chi connectivity index (χ0v) is 78.7. The predicted molar refractivity (Wildman–Crippen MR) is 599 cm³/mol. The third-order valence-corrected chi connectivity index (χ3v) is 28.7. The Morgan fingerprint density at radius 2 is 0.681 bits per heavy atom. The first-order chi connectivity index (χ1) is 70.8. The molecule has 0 aliphatic carbocycles. The standard InChI is InChI=1S/C72H44N2O2.C53H34N2.C10H9NO.Li/c1-5-19-45(20-6-1)59-43-49-23-13-15-29-53(49)67-57-31-17-33-63(69(57)75-71(59)67)73(51-25-9-3-10-26-51)61-41-37-47-36-40-56-62(42-38-48-35-39-55(61)65(47)66(48)56)74(52-27-11-4-12-28-52)64-34-18-32-58-68-54-30-16-14-24-50(54)44-60(72(68)76-70(58)64)46-21-7-2-8-22-46;1-2-16-44(17-3-1)55-50-21-11-10-20-49(50)54-53(55)38-26-22-37(23-27-38)41-30-31-47-48(34-41)52(43-29-25-36-13-5-7-15-40(36)33-43)46-19-9-8-18-45(46)51(47)42-28-24-35-12-4-6-14-39(35)32-42;1-11-7-3-5-8-4-2-6-9(12)10(8)11;/h1-44H;1-34H;2-7,12H,1H2;/q;;;+1/p-1. The number of hydrogen-bond donors (Lipinski definition) is 0. The quantitative estimate of drug-likeness (QED) is 0.0376. The zero-order valence-electron chi connectivity index (χ0n) is 78.7. The van der Waals surface area contributed by atoms with Gasteiger partial charge in [0.15, 0.2) is 11.2 Å². The van der Waals surface area contributed by atoms with Crippen LogP contribution in [0.2, 0.25) is 0 Å². The number of rotatable bonds is 13. The van der Waals surface area contributed by atoms with Gasteiger partial charge in [-0.3, -0.25) is 9.14 Å². The third-order valence-electron chi connectivity index (χ3n) is 28.7. The molecule has 25 aromatic carbocycles. The Labute approximate surface area is 842 Å². The average molecular weight is 1830 g/mol. The monoisotopic (exact) mass is 1830 g/mol. The summed E-state index contributed by atoms with van der Waals surface area (Å²) in [5, 5.41) is 37.5. The van der Waals surface area contributed by atoms with Crippen molar-refractivity contribution in [1.82, 2.24) is 9.55 Å². The van der Waals surface area contributed by atoms with Crippen LogP contribution in [0.15, 0.2) is 506 Å². The van der Waals surface area contributed by atoms with E-state index in [0.29, 0.717) is 5.69 Å². The number of anilines is 6. The fraction of sp³-hybridized carbons (Fsp3) is 0. The molecule has 1 aliphatic heterocycles. The van der Waals surface area contributed by atoms with Crippen molar-refractivity contribution in [2.24, 2.45) is 0 Å². The average Bonchev–Trinajstić information content (AvgIpc) is 1.42. The van der Waals surface area contributed by atoms with Crippen LogP contribution < -0.4 is 33.8 Å². The van der Waals surface area contributed by atoms with E-state index in [1.165, 1.54) is 114 Å². The number of benzene rings is 25. The molecule has 28 aromatic rings. The van der Waals surface area contributed by atoms with Gasteiger partial charge in [0.25, 0.3) is 0 Å². The van der Waals surface area contributed by atoms with E-state index in [-0.39, 0.29) is 24.6 Å². The molecule has 0 spiro atoms. The molecule has 0 fully saturated rings. The molecule has 0 saturated carbocycles. The maximum absolute atomic E-state index is 11.3. The van der Waals surface area contributed by atoms with Gasteiger partial charge in [0.1, 0.15) is 22.7 Å². The van der Waals surface area contributed by atoms with E-state index in [1.54, 1.807) is 23.3 Å². The summed E-state index contributed by atoms with van der Waals surface area (Å²) in [5.41, 5.74) is 27.1. The van der Waals surface area contributed by atoms with Crippen molar-refractivity contribution in [2.75, 3.05) is 9.80 Å². The molecule has 0 bridgehead atoms. The fourth-order valence-corrected chi connectivity index (χ4v) is 22.3. The molecule has 670 valence electrons. The fourth-order valence-electron chi connectivity index (χ4n) is 22.3. The minimum atomic E-state index is 0. The van der Waals surface area contributed by atoms with Crippen molar-refractivity contribution in [3.05, 3.63) is 510 Å². The molecule has 1 aliphatic rings. The van der Waals surface area contributed by atoms with Gasteiger partial charge in [0.05, 0.1) is 47.0 Å². The van der Waals surface area contributed by atoms with E-state index < -0.39 is 0 Å². The van der Waals surface area contributed by atoms with Gasteiger partial charge in [-0.05, 0) is 239 Å². The minimum Gasteiger partial charge on any atom is -0.875 e. The predicted octanol–water partition coefficient (Wildman–Crippen LogP) is 33.6. The molecular weight excluding hydrogens is 1750 g/mol. The Balaban J connectivity index is 0.000000136. The molecule has 3 aromatic heterocycles. The van der Waals surface area contributed by atoms with E-state index in [2.05, 4.69) is 494 Å². The normalized spacial score (nSPS) is 11.9. The summed E-state index contributed by atoms with van der Waals surface area (Å²) in [7, 11) is 0. The summed E-state index contributed by atoms with van der Waals surface area (Å²) in [4.78, 5) is 9.91. The molecule has 8 nitrogen and oxygen atoms in total. The molecule has 144 heavy (non-hydrogen) atoms. The van der Waals surface area contributed by atoms with E-state index in [1.807, 2.05) is 18.2 Å². The van der Waals surface area contributed by atoms with E-state index >= 15 is 0 Å². The summed E-state index contributed by atoms with van der Waals surface area (Å²) < 4.78 is 18.4. The Bertz CT molecular complexity index is 9680. The largest absolute Gasteiger partial charge is 1.00 e. The van der Waals surface area contributed by atoms with Crippen LogP contribution >= 0.6 is 0 Å². The van der Waals surface area contributed by atoms with Gasteiger partial charge >= 0.3 is 18.9 Å². The number of imidazole rings is 1. The molecule has 4 heterocycles. The molecule has 0 amide bonds. The Morgan fingerprint density at radius 1 is 0.278 bits per heavy atom. The molecular formula is C135H86LiN5O3. The van der Waals surface area contributed by atoms with Crippen molar-refractivity contribution in [3.63, 3.8) is 0 Å². The van der Waals surface area contributed by atoms with Crippen molar-refractivity contribution < 1.29 is 37.4 Å².